The third kappa shape index (κ3) is 3.23. The Balaban J connectivity index is 3.02. The molecule has 1 aromatic carbocycles. The monoisotopic (exact) mass is 241 g/mol. The van der Waals surface area contributed by atoms with Crippen molar-refractivity contribution in [1.82, 2.24) is 0 Å². The van der Waals surface area contributed by atoms with Gasteiger partial charge in [0.2, 0.25) is 0 Å². The molecule has 0 bridgehead atoms. The Morgan fingerprint density at radius 2 is 1.94 bits per heavy atom. The summed E-state index contributed by atoms with van der Waals surface area (Å²) in [6.07, 6.45) is 0.677. The minimum Gasteiger partial charge on any atom is -0.399 e. The van der Waals surface area contributed by atoms with Crippen molar-refractivity contribution in [2.45, 2.75) is 32.1 Å². The van der Waals surface area contributed by atoms with Crippen LogP contribution >= 0.6 is 0 Å². The molecule has 0 atom stereocenters. The van der Waals surface area contributed by atoms with Gasteiger partial charge in [-0.15, -0.1) is 0 Å². The molecule has 0 spiro atoms. The van der Waals surface area contributed by atoms with E-state index in [4.69, 9.17) is 5.73 Å². The molecule has 0 radical (unpaired) electrons. The normalized spacial score (nSPS) is 12.0. The summed E-state index contributed by atoms with van der Waals surface area (Å²) in [5, 5.41) is 0. The van der Waals surface area contributed by atoms with Gasteiger partial charge in [0.25, 0.3) is 0 Å². The van der Waals surface area contributed by atoms with Crippen LogP contribution in [0.3, 0.4) is 0 Å². The third-order valence-corrected chi connectivity index (χ3v) is 4.39. The summed E-state index contributed by atoms with van der Waals surface area (Å²) in [6.45, 7) is 5.82. The molecule has 1 rings (SSSR count). The first-order valence-electron chi connectivity index (χ1n) is 5.42. The number of hydrogen-bond acceptors (Lipinski definition) is 3. The fourth-order valence-corrected chi connectivity index (χ4v) is 3.33. The van der Waals surface area contributed by atoms with E-state index in [-0.39, 0.29) is 5.75 Å². The Hall–Kier alpha value is -1.03. The van der Waals surface area contributed by atoms with Gasteiger partial charge in [-0.1, -0.05) is 19.9 Å². The molecule has 0 aliphatic rings. The molecule has 1 aromatic rings. The largest absolute Gasteiger partial charge is 0.399 e. The van der Waals surface area contributed by atoms with Crippen LogP contribution in [0.2, 0.25) is 0 Å². The van der Waals surface area contributed by atoms with E-state index >= 15 is 0 Å². The topological polar surface area (TPSA) is 60.2 Å². The summed E-state index contributed by atoms with van der Waals surface area (Å²) < 4.78 is 24.1. The van der Waals surface area contributed by atoms with E-state index in [1.54, 1.807) is 25.1 Å². The fraction of sp³-hybridized carbons (Fsp3) is 0.500. The number of nitrogens with two attached hydrogens (primary N) is 1. The zero-order valence-electron chi connectivity index (χ0n) is 10.0. The second-order valence-corrected chi connectivity index (χ2v) is 6.60. The maximum atomic E-state index is 12.1. The van der Waals surface area contributed by atoms with Crippen molar-refractivity contribution in [3.8, 4) is 0 Å². The van der Waals surface area contributed by atoms with Gasteiger partial charge in [-0.05, 0) is 37.0 Å². The van der Waals surface area contributed by atoms with Gasteiger partial charge in [0.15, 0.2) is 9.84 Å². The third-order valence-electron chi connectivity index (χ3n) is 2.51. The first-order chi connectivity index (χ1) is 7.33. The second-order valence-electron chi connectivity index (χ2n) is 4.53. The molecular weight excluding hydrogens is 222 g/mol. The van der Waals surface area contributed by atoms with E-state index in [2.05, 4.69) is 0 Å². The molecule has 0 saturated carbocycles. The van der Waals surface area contributed by atoms with Crippen LogP contribution in [-0.2, 0) is 9.84 Å². The second kappa shape index (κ2) is 4.87. The van der Waals surface area contributed by atoms with Crippen LogP contribution in [0.25, 0.3) is 0 Å². The predicted octanol–water partition coefficient (Wildman–Crippen LogP) is 2.40. The Labute approximate surface area is 97.6 Å². The maximum absolute atomic E-state index is 12.1. The number of sulfone groups is 1. The average Bonchev–Trinajstić information content (AvgIpc) is 2.19. The standard InChI is InChI=1S/C12H19NO2S/c1-9(2)6-7-16(14,15)12-8-11(13)5-4-10(12)3/h4-5,8-9H,6-7,13H2,1-3H3. The quantitative estimate of drug-likeness (QED) is 0.823. The van der Waals surface area contributed by atoms with Crippen molar-refractivity contribution in [3.05, 3.63) is 23.8 Å². The molecule has 2 N–H and O–H groups in total. The smallest absolute Gasteiger partial charge is 0.178 e. The van der Waals surface area contributed by atoms with E-state index in [9.17, 15) is 8.42 Å². The van der Waals surface area contributed by atoms with Gasteiger partial charge >= 0.3 is 0 Å². The van der Waals surface area contributed by atoms with E-state index in [1.807, 2.05) is 13.8 Å². The van der Waals surface area contributed by atoms with Crippen LogP contribution in [0.1, 0.15) is 25.8 Å². The van der Waals surface area contributed by atoms with E-state index in [1.165, 1.54) is 0 Å². The van der Waals surface area contributed by atoms with E-state index in [0.717, 1.165) is 5.56 Å². The first-order valence-corrected chi connectivity index (χ1v) is 7.07. The number of aryl methyl sites for hydroxylation is 1. The Morgan fingerprint density at radius 1 is 1.31 bits per heavy atom. The van der Waals surface area contributed by atoms with E-state index < -0.39 is 9.84 Å². The molecule has 0 aromatic heterocycles. The van der Waals surface area contributed by atoms with Crippen LogP contribution in [0.4, 0.5) is 5.69 Å². The molecule has 16 heavy (non-hydrogen) atoms. The zero-order chi connectivity index (χ0) is 12.3. The number of rotatable bonds is 4. The molecule has 0 aliphatic heterocycles. The SMILES string of the molecule is Cc1ccc(N)cc1S(=O)(=O)CCC(C)C. The number of anilines is 1. The minimum absolute atomic E-state index is 0.189. The van der Waals surface area contributed by atoms with Gasteiger partial charge in [0.1, 0.15) is 0 Å². The van der Waals surface area contributed by atoms with Gasteiger partial charge in [0, 0.05) is 5.69 Å². The van der Waals surface area contributed by atoms with Crippen molar-refractivity contribution in [3.63, 3.8) is 0 Å². The molecule has 0 saturated heterocycles. The average molecular weight is 241 g/mol. The number of nitrogen functional groups attached to an aromatic ring is 1. The Morgan fingerprint density at radius 3 is 2.50 bits per heavy atom. The van der Waals surface area contributed by atoms with Crippen molar-refractivity contribution in [1.29, 1.82) is 0 Å². The molecule has 90 valence electrons. The summed E-state index contributed by atoms with van der Waals surface area (Å²) in [4.78, 5) is 0.369. The molecule has 0 aliphatic carbocycles. The zero-order valence-corrected chi connectivity index (χ0v) is 10.8. The highest BCUT2D eigenvalue weighted by Gasteiger charge is 2.17. The van der Waals surface area contributed by atoms with Crippen molar-refractivity contribution >= 4 is 15.5 Å². The van der Waals surface area contributed by atoms with Gasteiger partial charge < -0.3 is 5.73 Å². The van der Waals surface area contributed by atoms with Crippen LogP contribution < -0.4 is 5.73 Å². The number of benzene rings is 1. The van der Waals surface area contributed by atoms with Crippen LogP contribution in [0.15, 0.2) is 23.1 Å². The highest BCUT2D eigenvalue weighted by molar-refractivity contribution is 7.91. The van der Waals surface area contributed by atoms with Crippen LogP contribution in [0, 0.1) is 12.8 Å². The van der Waals surface area contributed by atoms with Gasteiger partial charge in [-0.25, -0.2) is 8.42 Å². The summed E-state index contributed by atoms with van der Waals surface area (Å²) in [7, 11) is -3.19. The predicted molar refractivity (Wildman–Crippen MR) is 67.1 cm³/mol. The summed E-state index contributed by atoms with van der Waals surface area (Å²) in [6, 6.07) is 5.01. The summed E-state index contributed by atoms with van der Waals surface area (Å²) >= 11 is 0. The first kappa shape index (κ1) is 13.0. The fourth-order valence-electron chi connectivity index (χ4n) is 1.45. The molecule has 0 amide bonds. The highest BCUT2D eigenvalue weighted by Crippen LogP contribution is 2.21. The highest BCUT2D eigenvalue weighted by atomic mass is 32.2. The minimum atomic E-state index is -3.19. The summed E-state index contributed by atoms with van der Waals surface area (Å²) in [5.74, 6) is 0.575. The van der Waals surface area contributed by atoms with Crippen LogP contribution in [0.5, 0.6) is 0 Å². The van der Waals surface area contributed by atoms with Crippen molar-refractivity contribution in [2.75, 3.05) is 11.5 Å². The lowest BCUT2D eigenvalue weighted by atomic mass is 10.2. The molecule has 0 fully saturated rings. The lowest BCUT2D eigenvalue weighted by Gasteiger charge is -2.09. The van der Waals surface area contributed by atoms with Crippen molar-refractivity contribution in [2.24, 2.45) is 5.92 Å². The lowest BCUT2D eigenvalue weighted by molar-refractivity contribution is 0.573. The van der Waals surface area contributed by atoms with Crippen LogP contribution in [-0.4, -0.2) is 14.2 Å². The Bertz CT molecular complexity index is 464. The Kier molecular flexibility index (Phi) is 3.97. The van der Waals surface area contributed by atoms with E-state index in [0.29, 0.717) is 22.9 Å². The molecular formula is C12H19NO2S. The van der Waals surface area contributed by atoms with Gasteiger partial charge in [-0.3, -0.25) is 0 Å². The molecule has 4 heteroatoms. The van der Waals surface area contributed by atoms with Gasteiger partial charge in [-0.2, -0.15) is 0 Å². The number of hydrogen-bond donors (Lipinski definition) is 1. The van der Waals surface area contributed by atoms with Crippen molar-refractivity contribution < 1.29 is 8.42 Å². The maximum Gasteiger partial charge on any atom is 0.178 e. The molecule has 0 unspecified atom stereocenters. The van der Waals surface area contributed by atoms with Gasteiger partial charge in [0.05, 0.1) is 10.6 Å². The lowest BCUT2D eigenvalue weighted by Crippen LogP contribution is -2.11. The molecule has 0 heterocycles. The summed E-state index contributed by atoms with van der Waals surface area (Å²) in [5.41, 5.74) is 6.87. The molecule has 3 nitrogen and oxygen atoms in total.